The van der Waals surface area contributed by atoms with Gasteiger partial charge in [-0.25, -0.2) is 0 Å². The molecule has 11 heteroatoms. The summed E-state index contributed by atoms with van der Waals surface area (Å²) in [5.41, 5.74) is 0.967. The third kappa shape index (κ3) is 13.0. The number of aliphatic carboxylic acids is 1. The molecule has 43 heavy (non-hydrogen) atoms. The van der Waals surface area contributed by atoms with Crippen molar-refractivity contribution in [1.82, 2.24) is 16.0 Å². The highest BCUT2D eigenvalue weighted by atomic mass is 16.5. The van der Waals surface area contributed by atoms with E-state index in [4.69, 9.17) is 5.11 Å². The number of nitrogens with one attached hydrogen (secondary N) is 3. The van der Waals surface area contributed by atoms with Crippen LogP contribution in [0, 0.1) is 0 Å². The van der Waals surface area contributed by atoms with E-state index in [1.807, 2.05) is 30.3 Å². The minimum Gasteiger partial charge on any atom is -0.481 e. The van der Waals surface area contributed by atoms with Crippen LogP contribution in [0.15, 0.2) is 78.9 Å². The molecule has 228 valence electrons. The first-order valence-electron chi connectivity index (χ1n) is 13.7. The Morgan fingerprint density at radius 2 is 1.26 bits per heavy atom. The Bertz CT molecular complexity index is 1340. The summed E-state index contributed by atoms with van der Waals surface area (Å²) in [4.78, 5) is 70.7. The average Bonchev–Trinajstić information content (AvgIpc) is 2.98. The molecule has 3 aromatic rings. The monoisotopic (exact) mass is 591 g/mol. The molecule has 0 spiro atoms. The van der Waals surface area contributed by atoms with Gasteiger partial charge in [0.2, 0.25) is 17.7 Å². The number of aryl methyl sites for hydroxylation is 1. The number of esters is 1. The van der Waals surface area contributed by atoms with Crippen molar-refractivity contribution in [1.29, 1.82) is 0 Å². The first-order valence-corrected chi connectivity index (χ1v) is 13.7. The van der Waals surface area contributed by atoms with Crippen molar-refractivity contribution in [2.45, 2.75) is 58.2 Å². The smallest absolute Gasteiger partial charge is 0.305 e. The predicted octanol–water partition coefficient (Wildman–Crippen LogP) is 2.56. The van der Waals surface area contributed by atoms with Gasteiger partial charge >= 0.3 is 11.9 Å². The molecule has 0 aliphatic rings. The molecule has 0 bridgehead atoms. The number of ketones is 1. The van der Waals surface area contributed by atoms with Crippen molar-refractivity contribution in [3.63, 3.8) is 0 Å². The van der Waals surface area contributed by atoms with E-state index < -0.39 is 66.6 Å². The molecule has 0 radical (unpaired) electrons. The molecule has 3 aromatic carbocycles. The Hall–Kier alpha value is -5.06. The van der Waals surface area contributed by atoms with Gasteiger partial charge in [0, 0.05) is 13.8 Å². The maximum atomic E-state index is 12.7. The van der Waals surface area contributed by atoms with Crippen molar-refractivity contribution in [2.24, 2.45) is 0 Å². The number of amides is 3. The second-order valence-electron chi connectivity index (χ2n) is 9.76. The second-order valence-corrected chi connectivity index (χ2v) is 9.76. The summed E-state index contributed by atoms with van der Waals surface area (Å²) in [7, 11) is 0. The largest absolute Gasteiger partial charge is 0.481 e. The number of rotatable bonds is 13. The van der Waals surface area contributed by atoms with E-state index in [-0.39, 0.29) is 6.42 Å². The summed E-state index contributed by atoms with van der Waals surface area (Å²) in [6, 6.07) is 22.6. The summed E-state index contributed by atoms with van der Waals surface area (Å²) in [5.74, 6) is -4.72. The van der Waals surface area contributed by atoms with E-state index in [0.29, 0.717) is 6.42 Å². The van der Waals surface area contributed by atoms with Crippen molar-refractivity contribution in [3.8, 4) is 0 Å². The van der Waals surface area contributed by atoms with E-state index in [9.17, 15) is 28.8 Å². The first kappa shape index (κ1) is 34.1. The highest BCUT2D eigenvalue weighted by molar-refractivity contribution is 5.96. The number of hydrogen-bond donors (Lipinski definition) is 4. The number of fused-ring (bicyclic) bond motifs is 1. The Balaban J connectivity index is 0.000000533. The average molecular weight is 592 g/mol. The Morgan fingerprint density at radius 3 is 1.74 bits per heavy atom. The van der Waals surface area contributed by atoms with Gasteiger partial charge in [0.15, 0.2) is 12.4 Å². The zero-order chi connectivity index (χ0) is 31.8. The van der Waals surface area contributed by atoms with Gasteiger partial charge in [0.05, 0.1) is 6.42 Å². The van der Waals surface area contributed by atoms with Crippen LogP contribution in [0.25, 0.3) is 10.8 Å². The molecule has 0 aliphatic carbocycles. The van der Waals surface area contributed by atoms with Crippen LogP contribution in [0.4, 0.5) is 0 Å². The van der Waals surface area contributed by atoms with E-state index in [1.165, 1.54) is 24.6 Å². The van der Waals surface area contributed by atoms with Gasteiger partial charge in [-0.15, -0.1) is 0 Å². The molecule has 0 aliphatic heterocycles. The van der Waals surface area contributed by atoms with Crippen LogP contribution >= 0.6 is 0 Å². The molecule has 0 fully saturated rings. The molecule has 0 saturated carbocycles. The minimum atomic E-state index is -1.45. The molecule has 3 atom stereocenters. The Labute approximate surface area is 250 Å². The molecule has 0 heterocycles. The molecule has 3 unspecified atom stereocenters. The zero-order valence-electron chi connectivity index (χ0n) is 24.4. The summed E-state index contributed by atoms with van der Waals surface area (Å²) in [6.07, 6.45) is 0.0650. The van der Waals surface area contributed by atoms with Gasteiger partial charge in [-0.2, -0.15) is 0 Å². The van der Waals surface area contributed by atoms with Gasteiger partial charge in [-0.05, 0) is 36.1 Å². The van der Waals surface area contributed by atoms with Crippen molar-refractivity contribution in [2.75, 3.05) is 6.61 Å². The second kappa shape index (κ2) is 17.7. The number of benzene rings is 3. The maximum Gasteiger partial charge on any atom is 0.305 e. The van der Waals surface area contributed by atoms with Crippen LogP contribution in [-0.4, -0.2) is 65.3 Å². The molecule has 11 nitrogen and oxygen atoms in total. The van der Waals surface area contributed by atoms with E-state index in [1.54, 1.807) is 0 Å². The number of Topliss-reactive ketones (excluding diaryl/α,β-unsaturated/α-hetero) is 1. The highest BCUT2D eigenvalue weighted by Gasteiger charge is 2.28. The summed E-state index contributed by atoms with van der Waals surface area (Å²) in [5, 5.41) is 18.9. The topological polar surface area (TPSA) is 168 Å². The van der Waals surface area contributed by atoms with E-state index >= 15 is 0 Å². The van der Waals surface area contributed by atoms with Gasteiger partial charge < -0.3 is 25.8 Å². The SMILES string of the molecule is CC(=O)NC(CCc1ccccc1)C(=O)NC(C)C(=O)NC(CC(=O)O)C(=O)COC(C)=O.c1ccc2ccccc2c1. The normalized spacial score (nSPS) is 12.3. The Morgan fingerprint density at radius 1 is 0.721 bits per heavy atom. The van der Waals surface area contributed by atoms with Gasteiger partial charge in [0.25, 0.3) is 0 Å². The van der Waals surface area contributed by atoms with Crippen LogP contribution in [0.2, 0.25) is 0 Å². The van der Waals surface area contributed by atoms with E-state index in [0.717, 1.165) is 12.5 Å². The van der Waals surface area contributed by atoms with Crippen LogP contribution in [-0.2, 0) is 39.9 Å². The molecule has 3 amide bonds. The molecule has 4 N–H and O–H groups in total. The number of carboxylic acid groups (broad SMARTS) is 1. The van der Waals surface area contributed by atoms with Crippen LogP contribution in [0.5, 0.6) is 0 Å². The lowest BCUT2D eigenvalue weighted by atomic mass is 10.0. The number of carbonyl (C=O) groups is 6. The fourth-order valence-corrected chi connectivity index (χ4v) is 3.97. The highest BCUT2D eigenvalue weighted by Crippen LogP contribution is 2.11. The quantitative estimate of drug-likeness (QED) is 0.220. The Kier molecular flexibility index (Phi) is 14.0. The van der Waals surface area contributed by atoms with Gasteiger partial charge in [0.1, 0.15) is 18.1 Å². The fourth-order valence-electron chi connectivity index (χ4n) is 3.97. The third-order valence-corrected chi connectivity index (χ3v) is 6.17. The summed E-state index contributed by atoms with van der Waals surface area (Å²) in [6.45, 7) is 3.01. The van der Waals surface area contributed by atoms with Crippen molar-refractivity contribution < 1.29 is 38.6 Å². The molecule has 0 aromatic heterocycles. The maximum absolute atomic E-state index is 12.7. The first-order chi connectivity index (χ1) is 20.5. The fraction of sp³-hybridized carbons (Fsp3) is 0.312. The number of carboxylic acids is 1. The number of hydrogen-bond acceptors (Lipinski definition) is 7. The van der Waals surface area contributed by atoms with Crippen LogP contribution in [0.1, 0.15) is 39.2 Å². The summed E-state index contributed by atoms with van der Waals surface area (Å²) < 4.78 is 4.56. The molecular formula is C32H37N3O8. The number of ether oxygens (including phenoxy) is 1. The minimum absolute atomic E-state index is 0.284. The standard InChI is InChI=1S/C22H29N3O8.C10H8/c1-13(21(31)25-18(11-20(29)30)19(28)12-33-15(3)27)23-22(32)17(24-14(2)26)10-9-16-7-5-4-6-8-16;1-2-6-10-8-4-3-7-9(10)5-1/h4-8,13,17-18H,9-12H2,1-3H3,(H,23,32)(H,24,26)(H,25,31)(H,29,30);1-8H. The van der Waals surface area contributed by atoms with Gasteiger partial charge in [-0.3, -0.25) is 28.8 Å². The lowest BCUT2D eigenvalue weighted by molar-refractivity contribution is -0.147. The molecule has 0 saturated heterocycles. The van der Waals surface area contributed by atoms with Gasteiger partial charge in [-0.1, -0.05) is 78.9 Å². The lowest BCUT2D eigenvalue weighted by Crippen LogP contribution is -2.55. The van der Waals surface area contributed by atoms with Crippen LogP contribution in [0.3, 0.4) is 0 Å². The molecular weight excluding hydrogens is 554 g/mol. The molecule has 3 rings (SSSR count). The van der Waals surface area contributed by atoms with Crippen LogP contribution < -0.4 is 16.0 Å². The third-order valence-electron chi connectivity index (χ3n) is 6.17. The zero-order valence-corrected chi connectivity index (χ0v) is 24.4. The lowest BCUT2D eigenvalue weighted by Gasteiger charge is -2.22. The van der Waals surface area contributed by atoms with Crippen molar-refractivity contribution in [3.05, 3.63) is 84.4 Å². The predicted molar refractivity (Wildman–Crippen MR) is 160 cm³/mol. The summed E-state index contributed by atoms with van der Waals surface area (Å²) >= 11 is 0. The number of carbonyl (C=O) groups excluding carboxylic acids is 5. The van der Waals surface area contributed by atoms with E-state index in [2.05, 4.69) is 69.2 Å². The van der Waals surface area contributed by atoms with Crippen molar-refractivity contribution >= 4 is 46.2 Å².